The maximum atomic E-state index is 11.7. The number of amidine groups is 1. The molecule has 0 bridgehead atoms. The number of oxime groups is 1. The van der Waals surface area contributed by atoms with E-state index in [0.29, 0.717) is 9.21 Å². The van der Waals surface area contributed by atoms with Crippen molar-refractivity contribution in [3.63, 3.8) is 0 Å². The molecule has 5 nitrogen and oxygen atoms in total. The number of hydrogen-bond acceptors (Lipinski definition) is 4. The summed E-state index contributed by atoms with van der Waals surface area (Å²) in [6, 6.07) is 3.29. The molecule has 0 atom stereocenters. The van der Waals surface area contributed by atoms with Gasteiger partial charge in [0.1, 0.15) is 0 Å². The zero-order valence-electron chi connectivity index (χ0n) is 7.98. The summed E-state index contributed by atoms with van der Waals surface area (Å²) in [4.78, 5) is 13.6. The second-order valence-electron chi connectivity index (χ2n) is 2.86. The number of amides is 1. The first kappa shape index (κ1) is 11.8. The van der Waals surface area contributed by atoms with Gasteiger partial charge in [0.25, 0.3) is 5.91 Å². The molecule has 82 valence electrons. The molecular formula is C8H10ClN3O2S. The van der Waals surface area contributed by atoms with Crippen molar-refractivity contribution in [2.75, 3.05) is 13.6 Å². The van der Waals surface area contributed by atoms with Gasteiger partial charge in [0.05, 0.1) is 15.8 Å². The van der Waals surface area contributed by atoms with Gasteiger partial charge in [-0.2, -0.15) is 0 Å². The zero-order chi connectivity index (χ0) is 11.4. The summed E-state index contributed by atoms with van der Waals surface area (Å²) in [6.45, 7) is 0.0743. The number of rotatable bonds is 3. The molecule has 0 aliphatic heterocycles. The third-order valence-electron chi connectivity index (χ3n) is 1.66. The zero-order valence-corrected chi connectivity index (χ0v) is 9.55. The third-order valence-corrected chi connectivity index (χ3v) is 2.88. The SMILES string of the molecule is CN(CC(N)=NO)C(=O)c1ccc(Cl)s1. The summed E-state index contributed by atoms with van der Waals surface area (Å²) in [5.74, 6) is -0.230. The minimum Gasteiger partial charge on any atom is -0.409 e. The third kappa shape index (κ3) is 3.10. The highest BCUT2D eigenvalue weighted by atomic mass is 35.5. The van der Waals surface area contributed by atoms with Crippen molar-refractivity contribution in [2.45, 2.75) is 0 Å². The van der Waals surface area contributed by atoms with Crippen molar-refractivity contribution in [2.24, 2.45) is 10.9 Å². The minimum atomic E-state index is -0.210. The lowest BCUT2D eigenvalue weighted by atomic mass is 10.4. The van der Waals surface area contributed by atoms with E-state index in [9.17, 15) is 4.79 Å². The maximum absolute atomic E-state index is 11.7. The van der Waals surface area contributed by atoms with E-state index in [2.05, 4.69) is 5.16 Å². The number of halogens is 1. The molecule has 0 aliphatic rings. The van der Waals surface area contributed by atoms with Crippen LogP contribution >= 0.6 is 22.9 Å². The van der Waals surface area contributed by atoms with Gasteiger partial charge in [-0.3, -0.25) is 4.79 Å². The second-order valence-corrected chi connectivity index (χ2v) is 4.57. The van der Waals surface area contributed by atoms with Crippen LogP contribution in [0.5, 0.6) is 0 Å². The molecule has 1 heterocycles. The second kappa shape index (κ2) is 4.99. The van der Waals surface area contributed by atoms with Crippen LogP contribution in [-0.2, 0) is 0 Å². The smallest absolute Gasteiger partial charge is 0.264 e. The minimum absolute atomic E-state index is 0.0199. The molecular weight excluding hydrogens is 238 g/mol. The van der Waals surface area contributed by atoms with E-state index in [-0.39, 0.29) is 18.3 Å². The standard InChI is InChI=1S/C8H10ClN3O2S/c1-12(4-7(10)11-14)8(13)5-2-3-6(9)15-5/h2-3,14H,4H2,1H3,(H2,10,11). The van der Waals surface area contributed by atoms with Crippen LogP contribution < -0.4 is 5.73 Å². The normalized spacial score (nSPS) is 11.5. The van der Waals surface area contributed by atoms with Crippen LogP contribution in [0.15, 0.2) is 17.3 Å². The Balaban J connectivity index is 2.69. The molecule has 7 heteroatoms. The Morgan fingerprint density at radius 2 is 2.40 bits per heavy atom. The summed E-state index contributed by atoms with van der Waals surface area (Å²) in [7, 11) is 1.56. The van der Waals surface area contributed by atoms with Crippen molar-refractivity contribution in [1.29, 1.82) is 0 Å². The van der Waals surface area contributed by atoms with E-state index in [0.717, 1.165) is 0 Å². The lowest BCUT2D eigenvalue weighted by Gasteiger charge is -2.14. The molecule has 1 aromatic heterocycles. The molecule has 0 aromatic carbocycles. The van der Waals surface area contributed by atoms with Crippen LogP contribution in [0.1, 0.15) is 9.67 Å². The van der Waals surface area contributed by atoms with E-state index in [1.54, 1.807) is 19.2 Å². The van der Waals surface area contributed by atoms with Crippen LogP contribution in [0.2, 0.25) is 4.34 Å². The van der Waals surface area contributed by atoms with Crippen LogP contribution in [0.25, 0.3) is 0 Å². The first-order valence-electron chi connectivity index (χ1n) is 4.01. The lowest BCUT2D eigenvalue weighted by Crippen LogP contribution is -2.35. The number of nitrogens with two attached hydrogens (primary N) is 1. The van der Waals surface area contributed by atoms with Crippen LogP contribution in [0.3, 0.4) is 0 Å². The van der Waals surface area contributed by atoms with Crippen LogP contribution in [0, 0.1) is 0 Å². The summed E-state index contributed by atoms with van der Waals surface area (Å²) in [5.41, 5.74) is 5.28. The van der Waals surface area contributed by atoms with Crippen molar-refractivity contribution in [3.8, 4) is 0 Å². The number of hydrogen-bond donors (Lipinski definition) is 2. The maximum Gasteiger partial charge on any atom is 0.264 e. The van der Waals surface area contributed by atoms with Crippen molar-refractivity contribution in [1.82, 2.24) is 4.90 Å². The Labute approximate surface area is 95.7 Å². The molecule has 1 aromatic rings. The largest absolute Gasteiger partial charge is 0.409 e. The number of likely N-dealkylation sites (N-methyl/N-ethyl adjacent to an activating group) is 1. The average Bonchev–Trinajstić information content (AvgIpc) is 2.63. The average molecular weight is 248 g/mol. The van der Waals surface area contributed by atoms with Gasteiger partial charge >= 0.3 is 0 Å². The van der Waals surface area contributed by atoms with Gasteiger partial charge in [-0.05, 0) is 12.1 Å². The molecule has 1 amide bonds. The fraction of sp³-hybridized carbons (Fsp3) is 0.250. The van der Waals surface area contributed by atoms with Gasteiger partial charge in [0.2, 0.25) is 0 Å². The molecule has 0 unspecified atom stereocenters. The lowest BCUT2D eigenvalue weighted by molar-refractivity contribution is 0.0818. The molecule has 0 aliphatic carbocycles. The number of carbonyl (C=O) groups excluding carboxylic acids is 1. The van der Waals surface area contributed by atoms with Gasteiger partial charge in [-0.1, -0.05) is 16.8 Å². The predicted molar refractivity (Wildman–Crippen MR) is 59.7 cm³/mol. The van der Waals surface area contributed by atoms with Crippen molar-refractivity contribution < 1.29 is 10.0 Å². The van der Waals surface area contributed by atoms with Gasteiger partial charge in [0, 0.05) is 7.05 Å². The Hall–Kier alpha value is -1.27. The first-order valence-corrected chi connectivity index (χ1v) is 5.21. The van der Waals surface area contributed by atoms with E-state index in [4.69, 9.17) is 22.5 Å². The fourth-order valence-corrected chi connectivity index (χ4v) is 2.00. The molecule has 0 saturated heterocycles. The molecule has 0 fully saturated rings. The van der Waals surface area contributed by atoms with E-state index in [1.807, 2.05) is 0 Å². The summed E-state index contributed by atoms with van der Waals surface area (Å²) < 4.78 is 0.551. The van der Waals surface area contributed by atoms with E-state index >= 15 is 0 Å². The highest BCUT2D eigenvalue weighted by Gasteiger charge is 2.14. The number of thiophene rings is 1. The van der Waals surface area contributed by atoms with Gasteiger partial charge in [-0.15, -0.1) is 11.3 Å². The highest BCUT2D eigenvalue weighted by Crippen LogP contribution is 2.22. The molecule has 3 N–H and O–H groups in total. The Morgan fingerprint density at radius 3 is 2.87 bits per heavy atom. The van der Waals surface area contributed by atoms with E-state index in [1.165, 1.54) is 16.2 Å². The van der Waals surface area contributed by atoms with Crippen LogP contribution in [-0.4, -0.2) is 35.4 Å². The van der Waals surface area contributed by atoms with Gasteiger partial charge in [-0.25, -0.2) is 0 Å². The quantitative estimate of drug-likeness (QED) is 0.365. The molecule has 0 radical (unpaired) electrons. The Kier molecular flexibility index (Phi) is 3.93. The summed E-state index contributed by atoms with van der Waals surface area (Å²) >= 11 is 6.89. The van der Waals surface area contributed by atoms with Crippen LogP contribution in [0.4, 0.5) is 0 Å². The van der Waals surface area contributed by atoms with Crippen molar-refractivity contribution in [3.05, 3.63) is 21.3 Å². The molecule has 15 heavy (non-hydrogen) atoms. The fourth-order valence-electron chi connectivity index (χ4n) is 0.964. The first-order chi connectivity index (χ1) is 7.04. The van der Waals surface area contributed by atoms with Gasteiger partial charge < -0.3 is 15.8 Å². The monoisotopic (exact) mass is 247 g/mol. The molecule has 0 spiro atoms. The number of carbonyl (C=O) groups is 1. The molecule has 1 rings (SSSR count). The van der Waals surface area contributed by atoms with Crippen molar-refractivity contribution >= 4 is 34.7 Å². The molecule has 0 saturated carbocycles. The summed E-state index contributed by atoms with van der Waals surface area (Å²) in [6.07, 6.45) is 0. The highest BCUT2D eigenvalue weighted by molar-refractivity contribution is 7.17. The Morgan fingerprint density at radius 1 is 1.73 bits per heavy atom. The summed E-state index contributed by atoms with van der Waals surface area (Å²) in [5, 5.41) is 11.1. The Bertz CT molecular complexity index is 391. The van der Waals surface area contributed by atoms with Gasteiger partial charge in [0.15, 0.2) is 5.84 Å². The predicted octanol–water partition coefficient (Wildman–Crippen LogP) is 1.22. The topological polar surface area (TPSA) is 78.9 Å². The van der Waals surface area contributed by atoms with E-state index < -0.39 is 0 Å². The number of nitrogens with zero attached hydrogens (tertiary/aromatic N) is 2.